The molecule has 4 heteroatoms. The molecule has 0 radical (unpaired) electrons. The molecule has 1 heterocycles. The van der Waals surface area contributed by atoms with Crippen molar-refractivity contribution in [1.82, 2.24) is 4.90 Å². The van der Waals surface area contributed by atoms with Crippen LogP contribution in [-0.2, 0) is 6.42 Å². The van der Waals surface area contributed by atoms with Gasteiger partial charge in [0.05, 0.1) is 0 Å². The number of benzene rings is 1. The molecule has 1 aromatic rings. The Hall–Kier alpha value is -1.26. The van der Waals surface area contributed by atoms with Gasteiger partial charge in [-0.25, -0.2) is 0 Å². The summed E-state index contributed by atoms with van der Waals surface area (Å²) in [5.74, 6) is 1.72. The molecule has 106 valence electrons. The minimum atomic E-state index is 0.0355. The lowest BCUT2D eigenvalue weighted by Crippen LogP contribution is -2.47. The van der Waals surface area contributed by atoms with E-state index in [0.29, 0.717) is 19.8 Å². The lowest BCUT2D eigenvalue weighted by Gasteiger charge is -2.34. The zero-order valence-electron chi connectivity index (χ0n) is 12.1. The fourth-order valence-corrected chi connectivity index (χ4v) is 2.00. The fourth-order valence-electron chi connectivity index (χ4n) is 2.00. The van der Waals surface area contributed by atoms with Crippen LogP contribution in [0.15, 0.2) is 18.2 Å². The average molecular weight is 264 g/mol. The largest absolute Gasteiger partial charge is 0.486 e. The maximum atomic E-state index is 5.79. The van der Waals surface area contributed by atoms with Gasteiger partial charge in [0, 0.05) is 18.6 Å². The van der Waals surface area contributed by atoms with Crippen LogP contribution in [0.5, 0.6) is 11.5 Å². The molecule has 1 aliphatic heterocycles. The molecule has 0 amide bonds. The zero-order valence-corrected chi connectivity index (χ0v) is 12.1. The lowest BCUT2D eigenvalue weighted by atomic mass is 10.0. The number of rotatable bonds is 5. The minimum absolute atomic E-state index is 0.0355. The molecule has 0 fully saturated rings. The summed E-state index contributed by atoms with van der Waals surface area (Å²) in [5, 5.41) is 0. The van der Waals surface area contributed by atoms with Crippen LogP contribution >= 0.6 is 0 Å². The van der Waals surface area contributed by atoms with Gasteiger partial charge in [0.25, 0.3) is 0 Å². The molecule has 4 nitrogen and oxygen atoms in total. The van der Waals surface area contributed by atoms with Crippen LogP contribution in [0.3, 0.4) is 0 Å². The number of likely N-dealkylation sites (N-methyl/N-ethyl adjacent to an activating group) is 1. The third-order valence-corrected chi connectivity index (χ3v) is 3.88. The van der Waals surface area contributed by atoms with Crippen LogP contribution in [-0.4, -0.2) is 43.8 Å². The van der Waals surface area contributed by atoms with Crippen molar-refractivity contribution in [2.24, 2.45) is 5.73 Å². The Morgan fingerprint density at radius 3 is 2.58 bits per heavy atom. The van der Waals surface area contributed by atoms with Crippen LogP contribution in [0, 0.1) is 0 Å². The zero-order chi connectivity index (χ0) is 13.9. The summed E-state index contributed by atoms with van der Waals surface area (Å²) in [6.45, 7) is 7.23. The lowest BCUT2D eigenvalue weighted by molar-refractivity contribution is 0.164. The maximum Gasteiger partial charge on any atom is 0.161 e. The highest BCUT2D eigenvalue weighted by Gasteiger charge is 2.21. The van der Waals surface area contributed by atoms with E-state index in [0.717, 1.165) is 24.5 Å². The number of hydrogen-bond acceptors (Lipinski definition) is 4. The molecule has 0 aliphatic carbocycles. The number of hydrogen-bond donors (Lipinski definition) is 1. The molecule has 0 bridgehead atoms. The maximum absolute atomic E-state index is 5.79. The molecule has 0 saturated heterocycles. The van der Waals surface area contributed by atoms with E-state index in [4.69, 9.17) is 15.2 Å². The Kier molecular flexibility index (Phi) is 4.32. The summed E-state index contributed by atoms with van der Waals surface area (Å²) in [6.07, 6.45) is 0.983. The van der Waals surface area contributed by atoms with E-state index >= 15 is 0 Å². The van der Waals surface area contributed by atoms with Crippen LogP contribution in [0.2, 0.25) is 0 Å². The predicted octanol–water partition coefficient (Wildman–Crippen LogP) is 1.67. The second-order valence-electron chi connectivity index (χ2n) is 5.67. The van der Waals surface area contributed by atoms with E-state index in [2.05, 4.69) is 37.9 Å². The topological polar surface area (TPSA) is 47.7 Å². The van der Waals surface area contributed by atoms with Gasteiger partial charge in [-0.15, -0.1) is 0 Å². The van der Waals surface area contributed by atoms with Crippen molar-refractivity contribution in [2.75, 3.05) is 33.4 Å². The van der Waals surface area contributed by atoms with Crippen molar-refractivity contribution < 1.29 is 9.47 Å². The molecule has 0 saturated carbocycles. The van der Waals surface area contributed by atoms with E-state index in [-0.39, 0.29) is 5.54 Å². The smallest absolute Gasteiger partial charge is 0.161 e. The molecule has 0 aromatic heterocycles. The number of ether oxygens (including phenoxy) is 2. The minimum Gasteiger partial charge on any atom is -0.486 e. The van der Waals surface area contributed by atoms with E-state index in [1.165, 1.54) is 5.56 Å². The Morgan fingerprint density at radius 1 is 1.21 bits per heavy atom. The van der Waals surface area contributed by atoms with Crippen LogP contribution < -0.4 is 15.2 Å². The van der Waals surface area contributed by atoms with Gasteiger partial charge in [0.1, 0.15) is 13.2 Å². The van der Waals surface area contributed by atoms with Gasteiger partial charge in [0.2, 0.25) is 0 Å². The SMILES string of the molecule is CN(CCc1ccc2c(c1)OCCO2)C(C)(C)CN. The summed E-state index contributed by atoms with van der Waals surface area (Å²) in [5.41, 5.74) is 7.09. The van der Waals surface area contributed by atoms with E-state index < -0.39 is 0 Å². The second kappa shape index (κ2) is 5.80. The Bertz CT molecular complexity index is 432. The van der Waals surface area contributed by atoms with Crippen molar-refractivity contribution in [1.29, 1.82) is 0 Å². The highest BCUT2D eigenvalue weighted by molar-refractivity contribution is 5.43. The van der Waals surface area contributed by atoms with E-state index in [1.54, 1.807) is 0 Å². The molecule has 2 N–H and O–H groups in total. The summed E-state index contributed by atoms with van der Waals surface area (Å²) in [6, 6.07) is 6.19. The van der Waals surface area contributed by atoms with Gasteiger partial charge >= 0.3 is 0 Å². The van der Waals surface area contributed by atoms with Crippen molar-refractivity contribution >= 4 is 0 Å². The van der Waals surface area contributed by atoms with Gasteiger partial charge in [-0.05, 0) is 45.0 Å². The van der Waals surface area contributed by atoms with Gasteiger partial charge in [0.15, 0.2) is 11.5 Å². The molecule has 19 heavy (non-hydrogen) atoms. The second-order valence-corrected chi connectivity index (χ2v) is 5.67. The molecule has 0 spiro atoms. The fraction of sp³-hybridized carbons (Fsp3) is 0.600. The Morgan fingerprint density at radius 2 is 1.89 bits per heavy atom. The molecule has 2 rings (SSSR count). The van der Waals surface area contributed by atoms with E-state index in [1.807, 2.05) is 6.07 Å². The quantitative estimate of drug-likeness (QED) is 0.879. The molecule has 1 aliphatic rings. The monoisotopic (exact) mass is 264 g/mol. The van der Waals surface area contributed by atoms with Crippen molar-refractivity contribution in [2.45, 2.75) is 25.8 Å². The first kappa shape index (κ1) is 14.2. The molecular weight excluding hydrogens is 240 g/mol. The first-order valence-corrected chi connectivity index (χ1v) is 6.83. The number of fused-ring (bicyclic) bond motifs is 1. The third kappa shape index (κ3) is 3.39. The standard InChI is InChI=1S/C15H24N2O2/c1-15(2,11-16)17(3)7-6-12-4-5-13-14(10-12)19-9-8-18-13/h4-5,10H,6-9,11,16H2,1-3H3. The average Bonchev–Trinajstić information content (AvgIpc) is 2.44. The number of nitrogens with two attached hydrogens (primary N) is 1. The van der Waals surface area contributed by atoms with Crippen molar-refractivity contribution in [3.8, 4) is 11.5 Å². The van der Waals surface area contributed by atoms with Gasteiger partial charge < -0.3 is 15.2 Å². The highest BCUT2D eigenvalue weighted by Crippen LogP contribution is 2.30. The first-order chi connectivity index (χ1) is 9.03. The molecule has 1 aromatic carbocycles. The molecule has 0 unspecified atom stereocenters. The predicted molar refractivity (Wildman–Crippen MR) is 76.9 cm³/mol. The molecule has 0 atom stereocenters. The summed E-state index contributed by atoms with van der Waals surface area (Å²) >= 11 is 0. The van der Waals surface area contributed by atoms with Gasteiger partial charge in [-0.2, -0.15) is 0 Å². The summed E-state index contributed by atoms with van der Waals surface area (Å²) in [4.78, 5) is 2.30. The van der Waals surface area contributed by atoms with Crippen LogP contribution in [0.1, 0.15) is 19.4 Å². The normalized spacial score (nSPS) is 14.8. The van der Waals surface area contributed by atoms with Crippen molar-refractivity contribution in [3.05, 3.63) is 23.8 Å². The summed E-state index contributed by atoms with van der Waals surface area (Å²) in [7, 11) is 2.12. The van der Waals surface area contributed by atoms with Crippen LogP contribution in [0.4, 0.5) is 0 Å². The van der Waals surface area contributed by atoms with E-state index in [9.17, 15) is 0 Å². The van der Waals surface area contributed by atoms with Crippen molar-refractivity contribution in [3.63, 3.8) is 0 Å². The summed E-state index contributed by atoms with van der Waals surface area (Å²) < 4.78 is 11.1. The Balaban J connectivity index is 1.96. The van der Waals surface area contributed by atoms with Gasteiger partial charge in [-0.1, -0.05) is 6.07 Å². The Labute approximate surface area is 115 Å². The highest BCUT2D eigenvalue weighted by atomic mass is 16.6. The third-order valence-electron chi connectivity index (χ3n) is 3.88. The van der Waals surface area contributed by atoms with Gasteiger partial charge in [-0.3, -0.25) is 4.90 Å². The number of nitrogens with zero attached hydrogens (tertiary/aromatic N) is 1. The molecular formula is C15H24N2O2. The van der Waals surface area contributed by atoms with Crippen LogP contribution in [0.25, 0.3) is 0 Å². The first-order valence-electron chi connectivity index (χ1n) is 6.83.